The topological polar surface area (TPSA) is 29.5 Å². The van der Waals surface area contributed by atoms with Crippen LogP contribution in [-0.4, -0.2) is 17.8 Å². The van der Waals surface area contributed by atoms with E-state index in [-0.39, 0.29) is 0 Å². The number of aryl methyl sites for hydroxylation is 2. The highest BCUT2D eigenvalue weighted by molar-refractivity contribution is 5.31. The number of aliphatic hydroxyl groups is 1. The predicted octanol–water partition coefficient (Wildman–Crippen LogP) is 2.90. The van der Waals surface area contributed by atoms with Gasteiger partial charge in [-0.15, -0.1) is 0 Å². The third kappa shape index (κ3) is 3.10. The van der Waals surface area contributed by atoms with E-state index in [2.05, 4.69) is 32.0 Å². The molecule has 1 unspecified atom stereocenters. The Kier molecular flexibility index (Phi) is 3.85. The lowest BCUT2D eigenvalue weighted by atomic mass is 9.96. The molecule has 0 aliphatic carbocycles. The number of aliphatic hydroxyl groups excluding tert-OH is 1. The fourth-order valence-corrected chi connectivity index (χ4v) is 2.11. The van der Waals surface area contributed by atoms with Gasteiger partial charge < -0.3 is 9.84 Å². The highest BCUT2D eigenvalue weighted by atomic mass is 16.5. The Balaban J connectivity index is 2.04. The molecule has 1 N–H and O–H groups in total. The molecule has 0 spiro atoms. The van der Waals surface area contributed by atoms with Gasteiger partial charge in [0.2, 0.25) is 0 Å². The molecular weight excluding hydrogens is 212 g/mol. The molecule has 1 atom stereocenters. The first-order valence-corrected chi connectivity index (χ1v) is 6.21. The predicted molar refractivity (Wildman–Crippen MR) is 68.9 cm³/mol. The van der Waals surface area contributed by atoms with Crippen molar-refractivity contribution >= 4 is 0 Å². The van der Waals surface area contributed by atoms with Gasteiger partial charge >= 0.3 is 0 Å². The molecule has 17 heavy (non-hydrogen) atoms. The van der Waals surface area contributed by atoms with Crippen LogP contribution >= 0.6 is 0 Å². The van der Waals surface area contributed by atoms with Crippen LogP contribution in [0, 0.1) is 13.8 Å². The van der Waals surface area contributed by atoms with Crippen molar-refractivity contribution in [2.24, 2.45) is 0 Å². The third-order valence-electron chi connectivity index (χ3n) is 3.39. The summed E-state index contributed by atoms with van der Waals surface area (Å²) in [4.78, 5) is 0. The standard InChI is InChI=1S/C15H20O2/c1-11-5-6-13(8-12(11)2)9-15(16)14-4-3-7-17-10-14/h5-6,8,10,15-16H,3-4,7,9H2,1-2H3. The van der Waals surface area contributed by atoms with Gasteiger partial charge in [-0.1, -0.05) is 18.2 Å². The molecule has 2 rings (SSSR count). The first-order valence-electron chi connectivity index (χ1n) is 6.21. The van der Waals surface area contributed by atoms with E-state index in [1.165, 1.54) is 16.7 Å². The van der Waals surface area contributed by atoms with Crippen molar-refractivity contribution in [1.29, 1.82) is 0 Å². The summed E-state index contributed by atoms with van der Waals surface area (Å²) in [6, 6.07) is 6.36. The van der Waals surface area contributed by atoms with Gasteiger partial charge in [0.1, 0.15) is 0 Å². The minimum atomic E-state index is -0.405. The lowest BCUT2D eigenvalue weighted by molar-refractivity contribution is 0.169. The highest BCUT2D eigenvalue weighted by Gasteiger charge is 2.15. The number of ether oxygens (including phenoxy) is 1. The van der Waals surface area contributed by atoms with Crippen LogP contribution < -0.4 is 0 Å². The van der Waals surface area contributed by atoms with Crippen molar-refractivity contribution in [3.8, 4) is 0 Å². The summed E-state index contributed by atoms with van der Waals surface area (Å²) in [7, 11) is 0. The lowest BCUT2D eigenvalue weighted by Crippen LogP contribution is -2.17. The number of hydrogen-bond donors (Lipinski definition) is 1. The second kappa shape index (κ2) is 5.37. The van der Waals surface area contributed by atoms with E-state index in [4.69, 9.17) is 4.74 Å². The molecule has 0 saturated carbocycles. The Morgan fingerprint density at radius 3 is 2.76 bits per heavy atom. The van der Waals surface area contributed by atoms with Crippen LogP contribution in [0.3, 0.4) is 0 Å². The van der Waals surface area contributed by atoms with E-state index in [0.29, 0.717) is 6.42 Å². The van der Waals surface area contributed by atoms with Crippen molar-refractivity contribution in [1.82, 2.24) is 0 Å². The van der Waals surface area contributed by atoms with Crippen molar-refractivity contribution in [3.05, 3.63) is 46.7 Å². The van der Waals surface area contributed by atoms with Crippen LogP contribution in [0.2, 0.25) is 0 Å². The van der Waals surface area contributed by atoms with Gasteiger partial charge in [0, 0.05) is 6.42 Å². The fraction of sp³-hybridized carbons (Fsp3) is 0.467. The lowest BCUT2D eigenvalue weighted by Gasteiger charge is -2.19. The normalized spacial score (nSPS) is 17.2. The van der Waals surface area contributed by atoms with Gasteiger partial charge in [0.25, 0.3) is 0 Å². The monoisotopic (exact) mass is 232 g/mol. The van der Waals surface area contributed by atoms with Crippen molar-refractivity contribution in [2.75, 3.05) is 6.61 Å². The summed E-state index contributed by atoms with van der Waals surface area (Å²) in [6.07, 6.45) is 3.96. The molecule has 92 valence electrons. The fourth-order valence-electron chi connectivity index (χ4n) is 2.11. The zero-order valence-corrected chi connectivity index (χ0v) is 10.6. The van der Waals surface area contributed by atoms with Crippen LogP contribution in [0.4, 0.5) is 0 Å². The molecule has 2 nitrogen and oxygen atoms in total. The summed E-state index contributed by atoms with van der Waals surface area (Å²) >= 11 is 0. The van der Waals surface area contributed by atoms with Gasteiger partial charge in [-0.2, -0.15) is 0 Å². The molecule has 1 aliphatic heterocycles. The Hall–Kier alpha value is -1.28. The largest absolute Gasteiger partial charge is 0.501 e. The molecule has 1 heterocycles. The average molecular weight is 232 g/mol. The highest BCUT2D eigenvalue weighted by Crippen LogP contribution is 2.19. The maximum absolute atomic E-state index is 10.1. The SMILES string of the molecule is Cc1ccc(CC(O)C2=COCCC2)cc1C. The summed E-state index contributed by atoms with van der Waals surface area (Å²) in [6.45, 7) is 4.99. The van der Waals surface area contributed by atoms with Crippen molar-refractivity contribution < 1.29 is 9.84 Å². The van der Waals surface area contributed by atoms with E-state index in [1.54, 1.807) is 6.26 Å². The molecule has 0 saturated heterocycles. The number of benzene rings is 1. The Labute approximate surface area is 103 Å². The van der Waals surface area contributed by atoms with Crippen molar-refractivity contribution in [3.63, 3.8) is 0 Å². The zero-order chi connectivity index (χ0) is 12.3. The second-order valence-corrected chi connectivity index (χ2v) is 4.81. The molecule has 0 radical (unpaired) electrons. The van der Waals surface area contributed by atoms with Crippen LogP contribution in [0.5, 0.6) is 0 Å². The van der Waals surface area contributed by atoms with Crippen LogP contribution in [0.1, 0.15) is 29.5 Å². The van der Waals surface area contributed by atoms with E-state index in [0.717, 1.165) is 25.0 Å². The summed E-state index contributed by atoms with van der Waals surface area (Å²) < 4.78 is 5.26. The maximum atomic E-state index is 10.1. The molecular formula is C15H20O2. The maximum Gasteiger partial charge on any atom is 0.0876 e. The third-order valence-corrected chi connectivity index (χ3v) is 3.39. The molecule has 2 heteroatoms. The molecule has 0 fully saturated rings. The van der Waals surface area contributed by atoms with E-state index < -0.39 is 6.10 Å². The number of rotatable bonds is 3. The van der Waals surface area contributed by atoms with Gasteiger partial charge in [0.05, 0.1) is 19.0 Å². The second-order valence-electron chi connectivity index (χ2n) is 4.81. The molecule has 1 aromatic rings. The molecule has 1 aliphatic rings. The van der Waals surface area contributed by atoms with E-state index in [1.807, 2.05) is 0 Å². The Morgan fingerprint density at radius 1 is 1.29 bits per heavy atom. The minimum absolute atomic E-state index is 0.405. The summed E-state index contributed by atoms with van der Waals surface area (Å²) in [5.41, 5.74) is 4.79. The minimum Gasteiger partial charge on any atom is -0.501 e. The average Bonchev–Trinajstić information content (AvgIpc) is 2.35. The van der Waals surface area contributed by atoms with E-state index in [9.17, 15) is 5.11 Å². The van der Waals surface area contributed by atoms with Gasteiger partial charge in [-0.3, -0.25) is 0 Å². The molecule has 0 amide bonds. The zero-order valence-electron chi connectivity index (χ0n) is 10.6. The van der Waals surface area contributed by atoms with Crippen molar-refractivity contribution in [2.45, 2.75) is 39.2 Å². The van der Waals surface area contributed by atoms with Gasteiger partial charge in [-0.25, -0.2) is 0 Å². The van der Waals surface area contributed by atoms with E-state index >= 15 is 0 Å². The number of hydrogen-bond acceptors (Lipinski definition) is 2. The molecule has 0 aromatic heterocycles. The Morgan fingerprint density at radius 2 is 2.12 bits per heavy atom. The summed E-state index contributed by atoms with van der Waals surface area (Å²) in [5.74, 6) is 0. The summed E-state index contributed by atoms with van der Waals surface area (Å²) in [5, 5.41) is 10.1. The molecule has 1 aromatic carbocycles. The first-order chi connectivity index (χ1) is 8.16. The quantitative estimate of drug-likeness (QED) is 0.868. The van der Waals surface area contributed by atoms with Crippen LogP contribution in [-0.2, 0) is 11.2 Å². The van der Waals surface area contributed by atoms with Crippen LogP contribution in [0.25, 0.3) is 0 Å². The van der Waals surface area contributed by atoms with Gasteiger partial charge in [0.15, 0.2) is 0 Å². The van der Waals surface area contributed by atoms with Crippen LogP contribution in [0.15, 0.2) is 30.0 Å². The Bertz CT molecular complexity index is 421. The first kappa shape index (κ1) is 12.2. The van der Waals surface area contributed by atoms with Gasteiger partial charge in [-0.05, 0) is 49.0 Å². The smallest absolute Gasteiger partial charge is 0.0876 e. The molecule has 0 bridgehead atoms.